The minimum Gasteiger partial charge on any atom is -0.326 e. The highest BCUT2D eigenvalue weighted by molar-refractivity contribution is 7.20. The second-order valence-electron chi connectivity index (χ2n) is 5.61. The number of thiophene rings is 1. The Labute approximate surface area is 157 Å². The molecule has 5 nitrogen and oxygen atoms in total. The van der Waals surface area contributed by atoms with Crippen molar-refractivity contribution in [2.45, 2.75) is 19.6 Å². The molecule has 0 atom stereocenters. The summed E-state index contributed by atoms with van der Waals surface area (Å²) in [5.41, 5.74) is 5.76. The molecule has 0 aliphatic heterocycles. The lowest BCUT2D eigenvalue weighted by Gasteiger charge is -2.12. The van der Waals surface area contributed by atoms with Crippen molar-refractivity contribution in [2.24, 2.45) is 12.8 Å². The molecule has 0 fully saturated rings. The van der Waals surface area contributed by atoms with Gasteiger partial charge in [0.15, 0.2) is 0 Å². The van der Waals surface area contributed by atoms with Crippen LogP contribution in [-0.2, 0) is 19.8 Å². The van der Waals surface area contributed by atoms with Gasteiger partial charge in [-0.15, -0.1) is 23.7 Å². The van der Waals surface area contributed by atoms with Gasteiger partial charge in [0.25, 0.3) is 5.91 Å². The number of nitrogens with one attached hydrogen (secondary N) is 1. The van der Waals surface area contributed by atoms with Gasteiger partial charge in [-0.05, 0) is 36.8 Å². The van der Waals surface area contributed by atoms with Crippen LogP contribution >= 0.6 is 23.7 Å². The van der Waals surface area contributed by atoms with E-state index in [0.29, 0.717) is 10.4 Å². The van der Waals surface area contributed by atoms with Gasteiger partial charge in [-0.2, -0.15) is 18.3 Å². The van der Waals surface area contributed by atoms with Gasteiger partial charge < -0.3 is 11.1 Å². The standard InChI is InChI=1S/C16H15F3N4OS.ClH/c1-8-12-6-13(25-15(12)23(2)22-8)14(24)21-11-4-9(7-20)3-10(5-11)16(17,18)19;/h3-6H,7,20H2,1-2H3,(H,21,24);1H. The first kappa shape index (κ1) is 20.2. The number of nitrogens with two attached hydrogens (primary N) is 1. The highest BCUT2D eigenvalue weighted by Crippen LogP contribution is 2.33. The smallest absolute Gasteiger partial charge is 0.326 e. The van der Waals surface area contributed by atoms with Gasteiger partial charge in [0.05, 0.1) is 16.1 Å². The van der Waals surface area contributed by atoms with Crippen LogP contribution in [0.1, 0.15) is 26.5 Å². The second kappa shape index (κ2) is 7.26. The third-order valence-electron chi connectivity index (χ3n) is 3.73. The number of hydrogen-bond donors (Lipinski definition) is 2. The number of halogens is 4. The van der Waals surface area contributed by atoms with Crippen LogP contribution in [0.25, 0.3) is 10.2 Å². The number of aromatic nitrogens is 2. The normalized spacial score (nSPS) is 11.5. The van der Waals surface area contributed by atoms with E-state index in [0.717, 1.165) is 28.0 Å². The molecule has 0 saturated carbocycles. The van der Waals surface area contributed by atoms with E-state index in [9.17, 15) is 18.0 Å². The third kappa shape index (κ3) is 3.84. The third-order valence-corrected chi connectivity index (χ3v) is 4.93. The quantitative estimate of drug-likeness (QED) is 0.690. The van der Waals surface area contributed by atoms with Gasteiger partial charge in [-0.3, -0.25) is 9.48 Å². The average molecular weight is 405 g/mol. The van der Waals surface area contributed by atoms with Crippen molar-refractivity contribution in [2.75, 3.05) is 5.32 Å². The molecule has 0 saturated heterocycles. The van der Waals surface area contributed by atoms with Crippen LogP contribution in [0.15, 0.2) is 24.3 Å². The molecule has 0 spiro atoms. The highest BCUT2D eigenvalue weighted by Gasteiger charge is 2.31. The molecule has 10 heteroatoms. The van der Waals surface area contributed by atoms with Crippen LogP contribution in [0, 0.1) is 6.92 Å². The van der Waals surface area contributed by atoms with Crippen LogP contribution in [0.3, 0.4) is 0 Å². The lowest BCUT2D eigenvalue weighted by Crippen LogP contribution is -2.13. The molecule has 1 amide bonds. The van der Waals surface area contributed by atoms with Gasteiger partial charge >= 0.3 is 6.18 Å². The van der Waals surface area contributed by atoms with Crippen molar-refractivity contribution in [3.8, 4) is 0 Å². The maximum atomic E-state index is 13.0. The lowest BCUT2D eigenvalue weighted by molar-refractivity contribution is -0.137. The Kier molecular flexibility index (Phi) is 5.64. The molecule has 140 valence electrons. The van der Waals surface area contributed by atoms with Gasteiger partial charge in [-0.1, -0.05) is 0 Å². The van der Waals surface area contributed by atoms with Crippen molar-refractivity contribution < 1.29 is 18.0 Å². The summed E-state index contributed by atoms with van der Waals surface area (Å²) < 4.78 is 40.6. The number of rotatable bonds is 3. The van der Waals surface area contributed by atoms with E-state index in [1.54, 1.807) is 17.8 Å². The summed E-state index contributed by atoms with van der Waals surface area (Å²) >= 11 is 1.23. The Morgan fingerprint density at radius 1 is 1.31 bits per heavy atom. The van der Waals surface area contributed by atoms with Crippen LogP contribution in [0.5, 0.6) is 0 Å². The fraction of sp³-hybridized carbons (Fsp3) is 0.250. The summed E-state index contributed by atoms with van der Waals surface area (Å²) in [5, 5.41) is 7.63. The molecule has 2 heterocycles. The summed E-state index contributed by atoms with van der Waals surface area (Å²) in [6.45, 7) is 1.78. The largest absolute Gasteiger partial charge is 0.416 e. The predicted molar refractivity (Wildman–Crippen MR) is 97.9 cm³/mol. The zero-order valence-corrected chi connectivity index (χ0v) is 15.5. The Hall–Kier alpha value is -2.10. The molecule has 3 N–H and O–H groups in total. The Balaban J connectivity index is 0.00000243. The molecule has 0 bridgehead atoms. The van der Waals surface area contributed by atoms with E-state index in [1.807, 2.05) is 6.92 Å². The summed E-state index contributed by atoms with van der Waals surface area (Å²) in [7, 11) is 1.77. The fourth-order valence-corrected chi connectivity index (χ4v) is 3.57. The zero-order valence-electron chi connectivity index (χ0n) is 13.8. The average Bonchev–Trinajstić information content (AvgIpc) is 3.08. The first-order valence-electron chi connectivity index (χ1n) is 7.34. The number of benzene rings is 1. The Morgan fingerprint density at radius 3 is 2.58 bits per heavy atom. The minimum atomic E-state index is -4.51. The molecule has 1 aromatic carbocycles. The topological polar surface area (TPSA) is 72.9 Å². The minimum absolute atomic E-state index is 0. The Bertz CT molecular complexity index is 930. The first-order chi connectivity index (χ1) is 11.7. The number of nitrogens with zero attached hydrogens (tertiary/aromatic N) is 2. The van der Waals surface area contributed by atoms with Gasteiger partial charge in [0.2, 0.25) is 0 Å². The molecule has 3 rings (SSSR count). The number of alkyl halides is 3. The maximum absolute atomic E-state index is 13.0. The number of carbonyl (C=O) groups is 1. The van der Waals surface area contributed by atoms with E-state index in [-0.39, 0.29) is 24.6 Å². The number of fused-ring (bicyclic) bond motifs is 1. The predicted octanol–water partition coefficient (Wildman–Crippen LogP) is 4.09. The summed E-state index contributed by atoms with van der Waals surface area (Å²) in [6, 6.07) is 5.00. The molecule has 0 unspecified atom stereocenters. The molecule has 3 aromatic rings. The maximum Gasteiger partial charge on any atom is 0.416 e. The number of carbonyl (C=O) groups excluding carboxylic acids is 1. The lowest BCUT2D eigenvalue weighted by atomic mass is 10.1. The molecule has 26 heavy (non-hydrogen) atoms. The Morgan fingerprint density at radius 2 is 2.00 bits per heavy atom. The van der Waals surface area contributed by atoms with Crippen molar-refractivity contribution in [3.05, 3.63) is 46.0 Å². The molecule has 0 aliphatic rings. The summed E-state index contributed by atoms with van der Waals surface area (Å²) in [5.74, 6) is -0.470. The van der Waals surface area contributed by atoms with Crippen molar-refractivity contribution in [1.82, 2.24) is 9.78 Å². The van der Waals surface area contributed by atoms with Crippen molar-refractivity contribution in [1.29, 1.82) is 0 Å². The van der Waals surface area contributed by atoms with E-state index in [4.69, 9.17) is 5.73 Å². The SMILES string of the molecule is Cc1nn(C)c2sc(C(=O)Nc3cc(CN)cc(C(F)(F)F)c3)cc12.Cl. The van der Waals surface area contributed by atoms with E-state index >= 15 is 0 Å². The number of amides is 1. The number of anilines is 1. The second-order valence-corrected chi connectivity index (χ2v) is 6.64. The number of hydrogen-bond acceptors (Lipinski definition) is 4. The molecule has 2 aromatic heterocycles. The van der Waals surface area contributed by atoms with Crippen LogP contribution in [0.2, 0.25) is 0 Å². The highest BCUT2D eigenvalue weighted by atomic mass is 35.5. The molecule has 0 aliphatic carbocycles. The van der Waals surface area contributed by atoms with Crippen LogP contribution in [0.4, 0.5) is 18.9 Å². The van der Waals surface area contributed by atoms with Gasteiger partial charge in [-0.25, -0.2) is 0 Å². The zero-order chi connectivity index (χ0) is 18.4. The van der Waals surface area contributed by atoms with E-state index in [2.05, 4.69) is 10.4 Å². The summed E-state index contributed by atoms with van der Waals surface area (Å²) in [4.78, 5) is 13.7. The van der Waals surface area contributed by atoms with Crippen LogP contribution < -0.4 is 11.1 Å². The van der Waals surface area contributed by atoms with Gasteiger partial charge in [0.1, 0.15) is 4.83 Å². The van der Waals surface area contributed by atoms with Crippen molar-refractivity contribution in [3.63, 3.8) is 0 Å². The van der Waals surface area contributed by atoms with Crippen molar-refractivity contribution >= 4 is 45.6 Å². The fourth-order valence-electron chi connectivity index (χ4n) is 2.56. The first-order valence-corrected chi connectivity index (χ1v) is 8.16. The van der Waals surface area contributed by atoms with Crippen LogP contribution in [-0.4, -0.2) is 15.7 Å². The molecular formula is C16H16ClF3N4OS. The van der Waals surface area contributed by atoms with E-state index in [1.165, 1.54) is 17.4 Å². The molecular weight excluding hydrogens is 389 g/mol. The van der Waals surface area contributed by atoms with E-state index < -0.39 is 17.6 Å². The summed E-state index contributed by atoms with van der Waals surface area (Å²) in [6.07, 6.45) is -4.51. The number of aryl methyl sites for hydroxylation is 2. The molecule has 0 radical (unpaired) electrons. The van der Waals surface area contributed by atoms with Gasteiger partial charge in [0, 0.05) is 24.7 Å². The monoisotopic (exact) mass is 404 g/mol.